The molecule has 0 aliphatic carbocycles. The number of hydrogen-bond acceptors (Lipinski definition) is 4. The molecule has 6 heteroatoms. The van der Waals surface area contributed by atoms with Crippen LogP contribution in [0.15, 0.2) is 54.6 Å². The van der Waals surface area contributed by atoms with Crippen molar-refractivity contribution in [1.82, 2.24) is 4.90 Å². The zero-order valence-electron chi connectivity index (χ0n) is 15.5. The molecule has 0 spiro atoms. The number of hydrogen-bond donors (Lipinski definition) is 2. The van der Waals surface area contributed by atoms with Crippen molar-refractivity contribution in [3.05, 3.63) is 54.6 Å². The van der Waals surface area contributed by atoms with Crippen molar-refractivity contribution in [2.75, 3.05) is 36.9 Å². The van der Waals surface area contributed by atoms with Crippen molar-refractivity contribution in [3.63, 3.8) is 0 Å². The van der Waals surface area contributed by atoms with Gasteiger partial charge in [-0.1, -0.05) is 30.3 Å². The van der Waals surface area contributed by atoms with Gasteiger partial charge in [-0.2, -0.15) is 0 Å². The van der Waals surface area contributed by atoms with Crippen LogP contribution < -0.4 is 10.2 Å². The number of nitrogens with one attached hydrogen (secondary N) is 1. The lowest BCUT2D eigenvalue weighted by Gasteiger charge is -2.32. The molecule has 2 aromatic carbocycles. The molecule has 0 aromatic heterocycles. The van der Waals surface area contributed by atoms with Gasteiger partial charge in [-0.25, -0.2) is 0 Å². The topological polar surface area (TPSA) is 72.9 Å². The lowest BCUT2D eigenvalue weighted by Crippen LogP contribution is -2.44. The molecule has 0 bridgehead atoms. The number of amides is 2. The van der Waals surface area contributed by atoms with E-state index in [2.05, 4.69) is 10.2 Å². The Morgan fingerprint density at radius 1 is 1.07 bits per heavy atom. The maximum atomic E-state index is 12.5. The van der Waals surface area contributed by atoms with Gasteiger partial charge in [-0.3, -0.25) is 14.5 Å². The fraction of sp³-hybridized carbons (Fsp3) is 0.333. The Morgan fingerprint density at radius 2 is 1.70 bits per heavy atom. The fourth-order valence-electron chi connectivity index (χ4n) is 3.26. The molecule has 1 saturated heterocycles. The van der Waals surface area contributed by atoms with E-state index in [1.54, 1.807) is 36.2 Å². The van der Waals surface area contributed by atoms with Gasteiger partial charge in [-0.05, 0) is 50.2 Å². The molecule has 0 radical (unpaired) electrons. The van der Waals surface area contributed by atoms with Crippen molar-refractivity contribution < 1.29 is 14.7 Å². The first-order valence-electron chi connectivity index (χ1n) is 9.17. The fourth-order valence-corrected chi connectivity index (χ4v) is 3.26. The minimum atomic E-state index is -0.109. The minimum absolute atomic E-state index is 0.0401. The van der Waals surface area contributed by atoms with Crippen molar-refractivity contribution in [3.8, 4) is 5.75 Å². The first-order valence-corrected chi connectivity index (χ1v) is 9.17. The van der Waals surface area contributed by atoms with E-state index in [0.717, 1.165) is 5.69 Å². The summed E-state index contributed by atoms with van der Waals surface area (Å²) in [6, 6.07) is 16.3. The highest BCUT2D eigenvalue weighted by atomic mass is 16.3. The predicted octanol–water partition coefficient (Wildman–Crippen LogP) is 2.71. The van der Waals surface area contributed by atoms with Crippen LogP contribution in [0.25, 0.3) is 0 Å². The average molecular weight is 367 g/mol. The standard InChI is InChI=1S/C21H25N3O3/c1-23(17-7-3-2-4-8-17)20(26)15-24-13-11-16(12-14-24)21(27)22-18-9-5-6-10-19(18)25/h2-10,16,25H,11-15H2,1H3,(H,22,27). The number of para-hydroxylation sites is 3. The maximum Gasteiger partial charge on any atom is 0.240 e. The van der Waals surface area contributed by atoms with Crippen LogP contribution in [0, 0.1) is 5.92 Å². The van der Waals surface area contributed by atoms with Gasteiger partial charge in [0.05, 0.1) is 12.2 Å². The molecule has 0 atom stereocenters. The number of likely N-dealkylation sites (tertiary alicyclic amines) is 1. The van der Waals surface area contributed by atoms with Crippen LogP contribution >= 0.6 is 0 Å². The maximum absolute atomic E-state index is 12.5. The first kappa shape index (κ1) is 18.9. The van der Waals surface area contributed by atoms with E-state index >= 15 is 0 Å². The van der Waals surface area contributed by atoms with Gasteiger partial charge in [-0.15, -0.1) is 0 Å². The van der Waals surface area contributed by atoms with Gasteiger partial charge in [0.2, 0.25) is 11.8 Å². The van der Waals surface area contributed by atoms with Crippen LogP contribution in [-0.2, 0) is 9.59 Å². The highest BCUT2D eigenvalue weighted by Crippen LogP contribution is 2.25. The lowest BCUT2D eigenvalue weighted by atomic mass is 9.95. The third kappa shape index (κ3) is 4.86. The Kier molecular flexibility index (Phi) is 6.08. The molecule has 6 nitrogen and oxygen atoms in total. The highest BCUT2D eigenvalue weighted by molar-refractivity contribution is 5.95. The van der Waals surface area contributed by atoms with Gasteiger partial charge >= 0.3 is 0 Å². The highest BCUT2D eigenvalue weighted by Gasteiger charge is 2.27. The Morgan fingerprint density at radius 3 is 2.37 bits per heavy atom. The third-order valence-electron chi connectivity index (χ3n) is 5.00. The van der Waals surface area contributed by atoms with E-state index in [-0.39, 0.29) is 23.5 Å². The second-order valence-corrected chi connectivity index (χ2v) is 6.85. The number of rotatable bonds is 5. The van der Waals surface area contributed by atoms with Gasteiger partial charge < -0.3 is 15.3 Å². The van der Waals surface area contributed by atoms with Crippen LogP contribution in [0.4, 0.5) is 11.4 Å². The summed E-state index contributed by atoms with van der Waals surface area (Å²) in [5, 5.41) is 12.6. The molecule has 2 aromatic rings. The van der Waals surface area contributed by atoms with E-state index in [9.17, 15) is 14.7 Å². The molecule has 2 amide bonds. The summed E-state index contributed by atoms with van der Waals surface area (Å²) >= 11 is 0. The quantitative estimate of drug-likeness (QED) is 0.797. The van der Waals surface area contributed by atoms with Crippen molar-refractivity contribution in [1.29, 1.82) is 0 Å². The van der Waals surface area contributed by atoms with Crippen molar-refractivity contribution in [2.24, 2.45) is 5.92 Å². The third-order valence-corrected chi connectivity index (χ3v) is 5.00. The Labute approximate surface area is 159 Å². The summed E-state index contributed by atoms with van der Waals surface area (Å²) < 4.78 is 0. The number of carbonyl (C=O) groups is 2. The summed E-state index contributed by atoms with van der Waals surface area (Å²) in [5.41, 5.74) is 1.31. The molecule has 1 aliphatic rings. The average Bonchev–Trinajstić information content (AvgIpc) is 2.70. The van der Waals surface area contributed by atoms with Crippen LogP contribution in [0.2, 0.25) is 0 Å². The number of phenolic OH excluding ortho intramolecular Hbond substituents is 1. The number of phenols is 1. The smallest absolute Gasteiger partial charge is 0.240 e. The number of likely N-dealkylation sites (N-methyl/N-ethyl adjacent to an activating group) is 1. The van der Waals surface area contributed by atoms with E-state index in [0.29, 0.717) is 38.2 Å². The lowest BCUT2D eigenvalue weighted by molar-refractivity contribution is -0.122. The number of benzene rings is 2. The van der Waals surface area contributed by atoms with Crippen LogP contribution in [0.3, 0.4) is 0 Å². The normalized spacial score (nSPS) is 15.3. The first-order chi connectivity index (χ1) is 13.0. The van der Waals surface area contributed by atoms with Crippen LogP contribution in [0.5, 0.6) is 5.75 Å². The number of nitrogens with zero attached hydrogens (tertiary/aromatic N) is 2. The molecule has 0 saturated carbocycles. The van der Waals surface area contributed by atoms with E-state index in [1.807, 2.05) is 30.3 Å². The Hall–Kier alpha value is -2.86. The van der Waals surface area contributed by atoms with E-state index in [1.165, 1.54) is 0 Å². The molecule has 142 valence electrons. The molecular formula is C21H25N3O3. The zero-order chi connectivity index (χ0) is 19.2. The van der Waals surface area contributed by atoms with E-state index < -0.39 is 0 Å². The molecule has 1 aliphatic heterocycles. The number of aromatic hydroxyl groups is 1. The van der Waals surface area contributed by atoms with Gasteiger partial charge in [0.1, 0.15) is 5.75 Å². The SMILES string of the molecule is CN(C(=O)CN1CCC(C(=O)Nc2ccccc2O)CC1)c1ccccc1. The minimum Gasteiger partial charge on any atom is -0.506 e. The number of piperidine rings is 1. The van der Waals surface area contributed by atoms with Crippen LogP contribution in [-0.4, -0.2) is 48.5 Å². The summed E-state index contributed by atoms with van der Waals surface area (Å²) in [5.74, 6) is -0.0807. The van der Waals surface area contributed by atoms with Gasteiger partial charge in [0, 0.05) is 18.7 Å². The molecule has 1 heterocycles. The Bertz CT molecular complexity index is 786. The monoisotopic (exact) mass is 367 g/mol. The van der Waals surface area contributed by atoms with E-state index in [4.69, 9.17) is 0 Å². The molecule has 3 rings (SSSR count). The van der Waals surface area contributed by atoms with Gasteiger partial charge in [0.25, 0.3) is 0 Å². The summed E-state index contributed by atoms with van der Waals surface area (Å²) in [6.07, 6.45) is 1.39. The van der Waals surface area contributed by atoms with Crippen molar-refractivity contribution in [2.45, 2.75) is 12.8 Å². The summed E-state index contributed by atoms with van der Waals surface area (Å²) in [4.78, 5) is 28.7. The molecule has 0 unspecified atom stereocenters. The molecule has 2 N–H and O–H groups in total. The molecule has 27 heavy (non-hydrogen) atoms. The Balaban J connectivity index is 1.48. The molecule has 1 fully saturated rings. The summed E-state index contributed by atoms with van der Waals surface area (Å²) in [7, 11) is 1.78. The number of carbonyl (C=O) groups excluding carboxylic acids is 2. The zero-order valence-corrected chi connectivity index (χ0v) is 15.5. The predicted molar refractivity (Wildman–Crippen MR) is 106 cm³/mol. The summed E-state index contributed by atoms with van der Waals surface area (Å²) in [6.45, 7) is 1.75. The van der Waals surface area contributed by atoms with Crippen molar-refractivity contribution >= 4 is 23.2 Å². The van der Waals surface area contributed by atoms with Crippen LogP contribution in [0.1, 0.15) is 12.8 Å². The second kappa shape index (κ2) is 8.68. The van der Waals surface area contributed by atoms with Gasteiger partial charge in [0.15, 0.2) is 0 Å². The second-order valence-electron chi connectivity index (χ2n) is 6.85. The largest absolute Gasteiger partial charge is 0.506 e. The number of anilines is 2. The molecular weight excluding hydrogens is 342 g/mol.